The highest BCUT2D eigenvalue weighted by molar-refractivity contribution is 6.05. The van der Waals surface area contributed by atoms with E-state index in [1.165, 1.54) is 6.92 Å². The van der Waals surface area contributed by atoms with E-state index >= 15 is 0 Å². The van der Waals surface area contributed by atoms with Crippen molar-refractivity contribution in [3.8, 4) is 0 Å². The molecule has 0 fully saturated rings. The molecule has 0 saturated carbocycles. The lowest BCUT2D eigenvalue weighted by molar-refractivity contribution is -0.176. The maximum Gasteiger partial charge on any atom is 0.349 e. The van der Waals surface area contributed by atoms with Crippen molar-refractivity contribution >= 4 is 168 Å². The Morgan fingerprint density at radius 1 is 0.346 bits per heavy atom. The molecule has 0 bridgehead atoms. The van der Waals surface area contributed by atoms with Crippen molar-refractivity contribution in [1.29, 1.82) is 0 Å². The predicted molar refractivity (Wildman–Crippen MR) is 466 cm³/mol. The van der Waals surface area contributed by atoms with Gasteiger partial charge in [-0.25, -0.2) is 81.5 Å². The molecule has 0 saturated heterocycles. The zero-order valence-electron chi connectivity index (χ0n) is 67.3. The predicted octanol–water partition coefficient (Wildman–Crippen LogP) is -0.548. The summed E-state index contributed by atoms with van der Waals surface area (Å²) in [4.78, 5) is 304. The summed E-state index contributed by atoms with van der Waals surface area (Å²) in [6, 6.07) is 0. The minimum Gasteiger partial charge on any atom is -0.481 e. The minimum absolute atomic E-state index is 0. The second kappa shape index (κ2) is 116. The maximum absolute atomic E-state index is 11.6. The third-order valence-electron chi connectivity index (χ3n) is 10.5. The Hall–Kier alpha value is -17.4. The lowest BCUT2D eigenvalue weighted by atomic mass is 9.66. The number of cyclic esters (lactones) is 2. The highest BCUT2D eigenvalue weighted by atomic mass is 16.7. The van der Waals surface area contributed by atoms with Crippen molar-refractivity contribution in [3.05, 3.63) is 146 Å². The Morgan fingerprint density at radius 3 is 0.669 bits per heavy atom. The van der Waals surface area contributed by atoms with Crippen LogP contribution in [0.1, 0.15) is 124 Å². The Morgan fingerprint density at radius 2 is 0.551 bits per heavy atom. The summed E-state index contributed by atoms with van der Waals surface area (Å²) in [6.45, 7) is 24.2. The van der Waals surface area contributed by atoms with Gasteiger partial charge in [0.2, 0.25) is 0 Å². The molecule has 0 aromatic carbocycles. The molecule has 0 spiro atoms. The van der Waals surface area contributed by atoms with Gasteiger partial charge in [0.25, 0.3) is 0 Å². The normalized spacial score (nSPS) is 9.47. The summed E-state index contributed by atoms with van der Waals surface area (Å²) in [7, 11) is 0. The summed E-state index contributed by atoms with van der Waals surface area (Å²) >= 11 is 0. The smallest absolute Gasteiger partial charge is 0.349 e. The van der Waals surface area contributed by atoms with Gasteiger partial charge in [0, 0.05) is 125 Å². The van der Waals surface area contributed by atoms with Gasteiger partial charge in [-0.05, 0) is 6.42 Å². The highest BCUT2D eigenvalue weighted by Crippen LogP contribution is 2.41. The highest BCUT2D eigenvalue weighted by Gasteiger charge is 2.54. The van der Waals surface area contributed by atoms with Crippen LogP contribution in [0.2, 0.25) is 0 Å². The van der Waals surface area contributed by atoms with Crippen LogP contribution >= 0.6 is 0 Å². The van der Waals surface area contributed by atoms with Gasteiger partial charge in [-0.15, -0.1) is 0 Å². The molecule has 63 nitrogen and oxygen atoms in total. The van der Waals surface area contributed by atoms with E-state index in [2.05, 4.69) is 109 Å². The monoisotopic (exact) mass is 1990 g/mol. The Labute approximate surface area is 773 Å². The van der Waals surface area contributed by atoms with Crippen LogP contribution in [0.15, 0.2) is 146 Å². The molecule has 1 rings (SSSR count). The fourth-order valence-electron chi connectivity index (χ4n) is 4.82. The number of hydrogen-bond acceptors (Lipinski definition) is 45. The van der Waals surface area contributed by atoms with Crippen LogP contribution in [0.3, 0.4) is 0 Å². The van der Waals surface area contributed by atoms with E-state index in [9.17, 15) is 144 Å². The number of carbonyl (C=O) groups is 28. The lowest BCUT2D eigenvalue weighted by Gasteiger charge is -2.35. The van der Waals surface area contributed by atoms with Gasteiger partial charge >= 0.3 is 143 Å². The van der Waals surface area contributed by atoms with Crippen molar-refractivity contribution in [2.24, 2.45) is 52.6 Å². The summed E-state index contributed by atoms with van der Waals surface area (Å²) in [5, 5.41) is 130. The molecule has 136 heavy (non-hydrogen) atoms. The molecule has 0 radical (unpaired) electrons. The van der Waals surface area contributed by atoms with E-state index in [0.29, 0.717) is 73.8 Å². The molecule has 0 aromatic rings. The number of hydrogen-bond donors (Lipinski definition) is 26. The summed E-state index contributed by atoms with van der Waals surface area (Å²) in [6.07, 6.45) is 6.45. The first-order valence-corrected chi connectivity index (χ1v) is 30.2. The molecule has 0 amide bonds. The zero-order valence-corrected chi connectivity index (χ0v) is 67.3. The molecular weight excluding hydrogens is 1860 g/mol. The molecule has 1 heterocycles. The minimum atomic E-state index is -2.09. The quantitative estimate of drug-likeness (QED) is 0.0122. The Bertz CT molecular complexity index is 3740. The van der Waals surface area contributed by atoms with E-state index in [-0.39, 0.29) is 171 Å². The molecule has 0 aliphatic carbocycles. The van der Waals surface area contributed by atoms with E-state index in [0.717, 1.165) is 19.1 Å². The van der Waals surface area contributed by atoms with E-state index in [1.807, 2.05) is 0 Å². The van der Waals surface area contributed by atoms with Crippen molar-refractivity contribution in [3.63, 3.8) is 0 Å². The van der Waals surface area contributed by atoms with Crippen LogP contribution < -0.4 is 60.0 Å². The molecule has 786 valence electrons. The number of esters is 2. The second-order valence-corrected chi connectivity index (χ2v) is 19.6. The zero-order chi connectivity index (χ0) is 99.8. The first-order chi connectivity index (χ1) is 56.4. The van der Waals surface area contributed by atoms with E-state index < -0.39 is 173 Å². The summed E-state index contributed by atoms with van der Waals surface area (Å²) < 4.78 is 3.97. The van der Waals surface area contributed by atoms with E-state index in [4.69, 9.17) is 77.4 Å². The number of aliphatic carboxylic acids is 16. The average molecular weight is 1990 g/mol. The van der Waals surface area contributed by atoms with E-state index in [1.54, 1.807) is 0 Å². The largest absolute Gasteiger partial charge is 0.481 e. The van der Waals surface area contributed by atoms with Crippen molar-refractivity contribution in [2.75, 3.05) is 0 Å². The molecule has 3 unspecified atom stereocenters. The molecule has 44 N–H and O–H groups in total. The molecule has 63 heteroatoms. The number of aldehydes is 4. The van der Waals surface area contributed by atoms with Crippen molar-refractivity contribution in [1.82, 2.24) is 24.6 Å². The van der Waals surface area contributed by atoms with Crippen LogP contribution in [0.5, 0.6) is 0 Å². The van der Waals surface area contributed by atoms with Crippen molar-refractivity contribution < 1.29 is 261 Å². The first kappa shape index (κ1) is 187. The summed E-state index contributed by atoms with van der Waals surface area (Å²) in [5.74, 6) is -2.95. The molecule has 0 aromatic heterocycles. The lowest BCUT2D eigenvalue weighted by Crippen LogP contribution is -2.49. The first-order valence-electron chi connectivity index (χ1n) is 30.2. The third-order valence-corrected chi connectivity index (χ3v) is 10.5. The number of carbonyl (C=O) groups excluding carboxylic acids is 12. The fourth-order valence-corrected chi connectivity index (χ4v) is 4.82. The van der Waals surface area contributed by atoms with Crippen molar-refractivity contribution in [2.45, 2.75) is 124 Å². The third kappa shape index (κ3) is 135. The van der Waals surface area contributed by atoms with Gasteiger partial charge in [-0.1, -0.05) is 112 Å². The Balaban J connectivity index is -0.0000000429. The second-order valence-electron chi connectivity index (χ2n) is 19.6. The molecule has 1 aliphatic heterocycles. The number of rotatable bonds is 37. The van der Waals surface area contributed by atoms with Crippen LogP contribution in [0, 0.1) is 17.3 Å². The van der Waals surface area contributed by atoms with Gasteiger partial charge in [0.1, 0.15) is 25.1 Å². The Kier molecular flexibility index (Phi) is 159. The van der Waals surface area contributed by atoms with Crippen LogP contribution in [-0.2, 0) is 168 Å². The van der Waals surface area contributed by atoms with Crippen LogP contribution in [0.4, 0.5) is 0 Å². The molecular formula is C73H126N10O53. The summed E-state index contributed by atoms with van der Waals surface area (Å²) in [5.41, 5.74) is -3.15. The molecule has 3 atom stereocenters. The number of carboxylic acid groups (broad SMARTS) is 16. The van der Waals surface area contributed by atoms with Gasteiger partial charge in [0.15, 0.2) is 0 Å². The SMILES string of the molecule is C.C.C.C.C.C.C.C=C(CC(=O)O)C(=O)O.C=C(CC(=O)ON)C(=O)O.C=C(CC(=O)ON)C(=O)O.C=C(CC=O)C(=O)O.C=C(CC=O)C(=O)O.C=C(CC=O)C(=O)O.C=C(CC=O)C(=O)O.CCC(CC(=O)ON)(C(=O)O)C(C(=O)O)C(C)C(=O)ON.N.N.N.N.NOC(=O)/C=C\C(=O)O.NOC(=O)/C=C\C(=O)O.O.O.O=C(O)/C=C\C(=O)O.O=C(O)/C=C\C(=O)O.O=C1C=CC(=O)O1. The number of ether oxygens (including phenoxy) is 1. The topological polar surface area (TPSA) is 1230 Å². The van der Waals surface area contributed by atoms with Gasteiger partial charge < -0.3 is 170 Å². The molecule has 1 aliphatic rings. The van der Waals surface area contributed by atoms with Gasteiger partial charge in [-0.3, -0.25) is 33.6 Å². The number of carboxylic acids is 16. The van der Waals surface area contributed by atoms with Crippen LogP contribution in [-0.4, -0.2) is 261 Å². The average Bonchev–Trinajstić information content (AvgIpc) is 0.966. The number of nitrogens with two attached hydrogens (primary N) is 6. The van der Waals surface area contributed by atoms with Gasteiger partial charge in [-0.2, -0.15) is 35.4 Å². The van der Waals surface area contributed by atoms with Crippen LogP contribution in [0.25, 0.3) is 0 Å². The standard InChI is InChI=1S/C11H18N2O8.2C5H7NO4.C5H6O4.4C5H6O3.2C4H5NO4.2C4H4O4.C4H2O3.7CH4.4H3N.2H2O/c1-3-11(10(18)19,4-6(14)20-12)7(8(15)16)5(2)9(17)21-13;2*1-3(5(8)9)2-4(7)10-6;1-3(5(8)9)2-4(6)7;4*1-4(2-3-6)5(7)8;2*5-9-4(8)2-1-3(6)7;2*5-3(6)1-2-4(7)8;5-3-1-2-4(6)7-3;;;;;;;;;;;;;/h5,7H,3-4,12-13H2,1-2H3,(H,15,16)(H,18,19);2*1-2,6H2,(H,8,9);1-2H2,(H,6,7)(H,8,9);4*3H,1-2H2,(H,7,8);2*1-2H,5H2,(H,6,7);2*1-2H,(H,5,6)(H,7,8);1-2H;7*1H4;4*1H3;2*1H2/b;;;;;;;;4*2-1-;;;;;;;;;;;;;;. The van der Waals surface area contributed by atoms with Gasteiger partial charge in [0.05, 0.1) is 42.9 Å². The maximum atomic E-state index is 11.6. The fraction of sp³-hybridized carbons (Fsp3) is 0.288.